The first-order valence-electron chi connectivity index (χ1n) is 12.2. The molecule has 1 amide bonds. The zero-order valence-electron chi connectivity index (χ0n) is 20.9. The SMILES string of the molecule is C=CC(=O)Nc1ccnc(-n2cnc(=O)c3cnc(Nc4ccc(N5CCN(CCO)CC5)cc4F)nc32)c1. The summed E-state index contributed by atoms with van der Waals surface area (Å²) in [7, 11) is 0. The van der Waals surface area contributed by atoms with Crippen molar-refractivity contribution in [3.63, 3.8) is 0 Å². The Hall–Kier alpha value is -4.75. The molecule has 200 valence electrons. The molecule has 0 unspecified atom stereocenters. The van der Waals surface area contributed by atoms with E-state index in [1.165, 1.54) is 29.4 Å². The number of hydrogen-bond acceptors (Lipinski definition) is 10. The van der Waals surface area contributed by atoms with E-state index in [2.05, 4.69) is 46.9 Å². The minimum atomic E-state index is -0.529. The van der Waals surface area contributed by atoms with Crippen molar-refractivity contribution in [3.05, 3.63) is 77.9 Å². The van der Waals surface area contributed by atoms with Gasteiger partial charge < -0.3 is 20.6 Å². The fourth-order valence-electron chi connectivity index (χ4n) is 4.28. The van der Waals surface area contributed by atoms with Gasteiger partial charge in [0.2, 0.25) is 11.9 Å². The van der Waals surface area contributed by atoms with Gasteiger partial charge in [-0.1, -0.05) is 6.58 Å². The predicted molar refractivity (Wildman–Crippen MR) is 145 cm³/mol. The van der Waals surface area contributed by atoms with Crippen molar-refractivity contribution < 1.29 is 14.3 Å². The molecule has 1 saturated heterocycles. The van der Waals surface area contributed by atoms with Gasteiger partial charge >= 0.3 is 0 Å². The summed E-state index contributed by atoms with van der Waals surface area (Å²) in [5.41, 5.74) is 1.06. The van der Waals surface area contributed by atoms with Crippen molar-refractivity contribution in [1.82, 2.24) is 29.4 Å². The number of nitrogens with one attached hydrogen (secondary N) is 2. The predicted octanol–water partition coefficient (Wildman–Crippen LogP) is 1.69. The molecule has 0 radical (unpaired) electrons. The van der Waals surface area contributed by atoms with Crippen LogP contribution in [0.2, 0.25) is 0 Å². The maximum atomic E-state index is 15.1. The third-order valence-electron chi connectivity index (χ3n) is 6.32. The number of hydrogen-bond donors (Lipinski definition) is 3. The van der Waals surface area contributed by atoms with Gasteiger partial charge in [0.15, 0.2) is 5.65 Å². The van der Waals surface area contributed by atoms with E-state index in [0.717, 1.165) is 37.9 Å². The number of pyridine rings is 1. The summed E-state index contributed by atoms with van der Waals surface area (Å²) >= 11 is 0. The summed E-state index contributed by atoms with van der Waals surface area (Å²) in [5, 5.41) is 14.8. The number of benzene rings is 1. The van der Waals surface area contributed by atoms with Gasteiger partial charge in [-0.3, -0.25) is 19.1 Å². The first-order valence-corrected chi connectivity index (χ1v) is 12.2. The number of fused-ring (bicyclic) bond motifs is 1. The average molecular weight is 532 g/mol. The molecule has 5 rings (SSSR count). The monoisotopic (exact) mass is 531 g/mol. The van der Waals surface area contributed by atoms with Gasteiger partial charge in [0.1, 0.15) is 23.3 Å². The quantitative estimate of drug-likeness (QED) is 0.288. The number of rotatable bonds is 8. The van der Waals surface area contributed by atoms with Crippen LogP contribution in [0.4, 0.5) is 27.4 Å². The minimum absolute atomic E-state index is 0.0715. The fourth-order valence-corrected chi connectivity index (χ4v) is 4.28. The molecule has 0 aliphatic carbocycles. The molecule has 13 heteroatoms. The van der Waals surface area contributed by atoms with E-state index in [9.17, 15) is 9.59 Å². The second-order valence-corrected chi connectivity index (χ2v) is 8.79. The summed E-state index contributed by atoms with van der Waals surface area (Å²) in [6.07, 6.45) is 5.23. The highest BCUT2D eigenvalue weighted by Gasteiger charge is 2.18. The minimum Gasteiger partial charge on any atom is -0.395 e. The maximum absolute atomic E-state index is 15.1. The number of anilines is 4. The maximum Gasteiger partial charge on any atom is 0.283 e. The van der Waals surface area contributed by atoms with E-state index in [4.69, 9.17) is 5.11 Å². The van der Waals surface area contributed by atoms with Gasteiger partial charge in [0.05, 0.1) is 12.3 Å². The molecular formula is C26H26FN9O3. The molecule has 1 aliphatic rings. The standard InChI is InChI=1S/C26H26FN9O3/c1-2-23(38)31-17-5-6-28-22(13-17)36-16-30-25(39)19-15-29-26(33-24(19)36)32-21-4-3-18(14-20(21)27)35-9-7-34(8-10-35)11-12-37/h2-6,13-16,37H,1,7-12H2,(H,28,31,38)(H,29,32,33). The van der Waals surface area contributed by atoms with Crippen molar-refractivity contribution in [2.24, 2.45) is 0 Å². The van der Waals surface area contributed by atoms with Crippen LogP contribution < -0.4 is 21.1 Å². The van der Waals surface area contributed by atoms with Crippen LogP contribution in [0.25, 0.3) is 16.9 Å². The lowest BCUT2D eigenvalue weighted by molar-refractivity contribution is -0.111. The molecule has 3 N–H and O–H groups in total. The largest absolute Gasteiger partial charge is 0.395 e. The smallest absolute Gasteiger partial charge is 0.283 e. The molecule has 1 aromatic carbocycles. The Kier molecular flexibility index (Phi) is 7.52. The van der Waals surface area contributed by atoms with E-state index in [1.54, 1.807) is 18.2 Å². The number of aliphatic hydroxyl groups is 1. The van der Waals surface area contributed by atoms with Crippen molar-refractivity contribution in [3.8, 4) is 5.82 Å². The number of piperazine rings is 1. The van der Waals surface area contributed by atoms with Crippen molar-refractivity contribution in [2.45, 2.75) is 0 Å². The van der Waals surface area contributed by atoms with E-state index in [1.807, 2.05) is 6.07 Å². The Labute approximate surface area is 222 Å². The zero-order valence-corrected chi connectivity index (χ0v) is 20.9. The third kappa shape index (κ3) is 5.73. The molecule has 12 nitrogen and oxygen atoms in total. The number of aliphatic hydroxyl groups excluding tert-OH is 1. The van der Waals surface area contributed by atoms with Crippen molar-refractivity contribution in [1.29, 1.82) is 0 Å². The Morgan fingerprint density at radius 3 is 2.69 bits per heavy atom. The van der Waals surface area contributed by atoms with Crippen LogP contribution in [-0.4, -0.2) is 79.7 Å². The van der Waals surface area contributed by atoms with Crippen molar-refractivity contribution in [2.75, 3.05) is 54.9 Å². The lowest BCUT2D eigenvalue weighted by Crippen LogP contribution is -2.47. The second-order valence-electron chi connectivity index (χ2n) is 8.79. The second kappa shape index (κ2) is 11.3. The van der Waals surface area contributed by atoms with Gasteiger partial charge in [-0.05, 0) is 30.3 Å². The Morgan fingerprint density at radius 1 is 1.13 bits per heavy atom. The van der Waals surface area contributed by atoms with Gasteiger partial charge in [-0.25, -0.2) is 14.4 Å². The molecule has 4 heterocycles. The number of amides is 1. The normalized spacial score (nSPS) is 13.8. The number of carbonyl (C=O) groups is 1. The van der Waals surface area contributed by atoms with Gasteiger partial charge in [-0.15, -0.1) is 0 Å². The molecule has 4 aromatic rings. The van der Waals surface area contributed by atoms with Gasteiger partial charge in [0.25, 0.3) is 5.56 Å². The highest BCUT2D eigenvalue weighted by atomic mass is 19.1. The number of carbonyl (C=O) groups excluding carboxylic acids is 1. The molecular weight excluding hydrogens is 505 g/mol. The van der Waals surface area contributed by atoms with Crippen molar-refractivity contribution >= 4 is 40.0 Å². The van der Waals surface area contributed by atoms with Crippen LogP contribution >= 0.6 is 0 Å². The molecule has 0 spiro atoms. The van der Waals surface area contributed by atoms with E-state index in [-0.39, 0.29) is 35.2 Å². The summed E-state index contributed by atoms with van der Waals surface area (Å²) < 4.78 is 16.6. The number of halogens is 1. The summed E-state index contributed by atoms with van der Waals surface area (Å²) in [6, 6.07) is 8.08. The Morgan fingerprint density at radius 2 is 1.95 bits per heavy atom. The van der Waals surface area contributed by atoms with Gasteiger partial charge in [-0.2, -0.15) is 9.97 Å². The van der Waals surface area contributed by atoms with Crippen LogP contribution in [0.3, 0.4) is 0 Å². The van der Waals surface area contributed by atoms with E-state index in [0.29, 0.717) is 18.1 Å². The average Bonchev–Trinajstić information content (AvgIpc) is 2.95. The summed E-state index contributed by atoms with van der Waals surface area (Å²) in [4.78, 5) is 45.1. The van der Waals surface area contributed by atoms with E-state index >= 15 is 4.39 Å². The molecule has 3 aromatic heterocycles. The van der Waals surface area contributed by atoms with Crippen LogP contribution in [0.5, 0.6) is 0 Å². The Bertz CT molecular complexity index is 1580. The summed E-state index contributed by atoms with van der Waals surface area (Å²) in [5.74, 6) is -0.454. The molecule has 0 atom stereocenters. The molecule has 0 bridgehead atoms. The lowest BCUT2D eigenvalue weighted by atomic mass is 10.2. The van der Waals surface area contributed by atoms with Crippen LogP contribution in [0.1, 0.15) is 0 Å². The number of aromatic nitrogens is 5. The fraction of sp³-hybridized carbons (Fsp3) is 0.231. The third-order valence-corrected chi connectivity index (χ3v) is 6.32. The van der Waals surface area contributed by atoms with Crippen LogP contribution in [0, 0.1) is 5.82 Å². The molecule has 0 saturated carbocycles. The van der Waals surface area contributed by atoms with Gasteiger partial charge in [0, 0.05) is 62.6 Å². The lowest BCUT2D eigenvalue weighted by Gasteiger charge is -2.35. The number of nitrogens with zero attached hydrogens (tertiary/aromatic N) is 7. The topological polar surface area (TPSA) is 141 Å². The molecule has 1 fully saturated rings. The number of β-amino-alcohol motifs (C(OH)–C–C–N with tert-alkyl or cyclic N) is 1. The zero-order chi connectivity index (χ0) is 27.4. The van der Waals surface area contributed by atoms with Crippen LogP contribution in [-0.2, 0) is 4.79 Å². The van der Waals surface area contributed by atoms with Crippen LogP contribution in [0.15, 0.2) is 66.5 Å². The first-order chi connectivity index (χ1) is 18.9. The Balaban J connectivity index is 1.41. The summed E-state index contributed by atoms with van der Waals surface area (Å²) in [6.45, 7) is 7.24. The first kappa shape index (κ1) is 25.9. The van der Waals surface area contributed by atoms with E-state index < -0.39 is 11.4 Å². The molecule has 1 aliphatic heterocycles. The highest BCUT2D eigenvalue weighted by molar-refractivity contribution is 5.99. The highest BCUT2D eigenvalue weighted by Crippen LogP contribution is 2.25. The molecule has 39 heavy (non-hydrogen) atoms.